The lowest BCUT2D eigenvalue weighted by atomic mass is 10.1. The number of ether oxygens (including phenoxy) is 1. The molecule has 0 spiro atoms. The molecule has 1 aliphatic heterocycles. The number of fused-ring (bicyclic) bond motifs is 1. The van der Waals surface area contributed by atoms with E-state index in [1.165, 1.54) is 22.7 Å². The van der Waals surface area contributed by atoms with Crippen LogP contribution in [0.2, 0.25) is 0 Å². The predicted octanol–water partition coefficient (Wildman–Crippen LogP) is 2.76. The van der Waals surface area contributed by atoms with Gasteiger partial charge in [-0.2, -0.15) is 0 Å². The van der Waals surface area contributed by atoms with Gasteiger partial charge < -0.3 is 10.1 Å². The SMILES string of the molecule is CCOC(=O)/C=C1\SCC(=O)N1CC(=O)Nc1ccc2ccccc2c1. The van der Waals surface area contributed by atoms with Gasteiger partial charge in [-0.1, -0.05) is 42.1 Å². The van der Waals surface area contributed by atoms with Gasteiger partial charge in [0.2, 0.25) is 11.8 Å². The number of rotatable bonds is 5. The Morgan fingerprint density at radius 2 is 2.00 bits per heavy atom. The number of nitrogens with one attached hydrogen (secondary N) is 1. The van der Waals surface area contributed by atoms with Crippen LogP contribution < -0.4 is 5.32 Å². The van der Waals surface area contributed by atoms with E-state index in [1.54, 1.807) is 6.92 Å². The molecule has 0 atom stereocenters. The Labute approximate surface area is 155 Å². The van der Waals surface area contributed by atoms with Crippen molar-refractivity contribution in [3.8, 4) is 0 Å². The first kappa shape index (κ1) is 18.0. The van der Waals surface area contributed by atoms with E-state index in [1.807, 2.05) is 42.5 Å². The number of nitrogens with zero attached hydrogens (tertiary/aromatic N) is 1. The van der Waals surface area contributed by atoms with E-state index in [9.17, 15) is 14.4 Å². The lowest BCUT2D eigenvalue weighted by Gasteiger charge is -2.16. The molecule has 2 amide bonds. The number of carbonyl (C=O) groups excluding carboxylic acids is 3. The van der Waals surface area contributed by atoms with Crippen molar-refractivity contribution in [3.63, 3.8) is 0 Å². The molecule has 0 bridgehead atoms. The van der Waals surface area contributed by atoms with Crippen LogP contribution in [-0.2, 0) is 19.1 Å². The standard InChI is InChI=1S/C19H18N2O4S/c1-2-25-19(24)10-18-21(17(23)12-26-18)11-16(22)20-15-8-7-13-5-3-4-6-14(13)9-15/h3-10H,2,11-12H2,1H3,(H,20,22)/b18-10-. The molecule has 0 unspecified atom stereocenters. The molecule has 2 aromatic rings. The third kappa shape index (κ3) is 4.23. The monoisotopic (exact) mass is 370 g/mol. The highest BCUT2D eigenvalue weighted by Crippen LogP contribution is 2.28. The van der Waals surface area contributed by atoms with Gasteiger partial charge in [-0.3, -0.25) is 14.5 Å². The van der Waals surface area contributed by atoms with E-state index < -0.39 is 5.97 Å². The minimum Gasteiger partial charge on any atom is -0.463 e. The molecule has 0 aromatic heterocycles. The summed E-state index contributed by atoms with van der Waals surface area (Å²) in [6.45, 7) is 1.81. The minimum absolute atomic E-state index is 0.149. The van der Waals surface area contributed by atoms with Crippen molar-refractivity contribution < 1.29 is 19.1 Å². The van der Waals surface area contributed by atoms with Gasteiger partial charge in [0.25, 0.3) is 0 Å². The summed E-state index contributed by atoms with van der Waals surface area (Å²) < 4.78 is 4.86. The maximum Gasteiger partial charge on any atom is 0.333 e. The second kappa shape index (κ2) is 8.05. The summed E-state index contributed by atoms with van der Waals surface area (Å²) in [6, 6.07) is 13.5. The Morgan fingerprint density at radius 1 is 1.23 bits per heavy atom. The fraction of sp³-hybridized carbons (Fsp3) is 0.211. The normalized spacial score (nSPS) is 15.5. The van der Waals surface area contributed by atoms with Crippen molar-refractivity contribution in [2.24, 2.45) is 0 Å². The zero-order chi connectivity index (χ0) is 18.5. The minimum atomic E-state index is -0.523. The predicted molar refractivity (Wildman–Crippen MR) is 101 cm³/mol. The van der Waals surface area contributed by atoms with Crippen molar-refractivity contribution in [1.29, 1.82) is 0 Å². The Hall–Kier alpha value is -2.80. The van der Waals surface area contributed by atoms with Crippen LogP contribution >= 0.6 is 11.8 Å². The smallest absolute Gasteiger partial charge is 0.333 e. The van der Waals surface area contributed by atoms with Crippen molar-refractivity contribution in [2.45, 2.75) is 6.92 Å². The van der Waals surface area contributed by atoms with Gasteiger partial charge in [0.15, 0.2) is 0 Å². The average Bonchev–Trinajstić information content (AvgIpc) is 2.95. The van der Waals surface area contributed by atoms with Gasteiger partial charge in [-0.15, -0.1) is 0 Å². The van der Waals surface area contributed by atoms with E-state index >= 15 is 0 Å². The van der Waals surface area contributed by atoms with Gasteiger partial charge in [-0.25, -0.2) is 4.79 Å². The zero-order valence-corrected chi connectivity index (χ0v) is 15.0. The van der Waals surface area contributed by atoms with Crippen molar-refractivity contribution >= 4 is 46.0 Å². The van der Waals surface area contributed by atoms with Gasteiger partial charge in [0, 0.05) is 5.69 Å². The molecule has 1 heterocycles. The molecular weight excluding hydrogens is 352 g/mol. The maximum atomic E-state index is 12.3. The van der Waals surface area contributed by atoms with Crippen LogP contribution in [0.15, 0.2) is 53.6 Å². The second-order valence-electron chi connectivity index (χ2n) is 5.61. The summed E-state index contributed by atoms with van der Waals surface area (Å²) in [5, 5.41) is 5.32. The first-order valence-corrected chi connectivity index (χ1v) is 9.15. The number of hydrogen-bond acceptors (Lipinski definition) is 5. The summed E-state index contributed by atoms with van der Waals surface area (Å²) in [7, 11) is 0. The molecule has 1 fully saturated rings. The number of benzene rings is 2. The fourth-order valence-electron chi connectivity index (χ4n) is 2.60. The molecule has 1 N–H and O–H groups in total. The summed E-state index contributed by atoms with van der Waals surface area (Å²) >= 11 is 1.22. The molecule has 134 valence electrons. The van der Waals surface area contributed by atoms with E-state index in [0.717, 1.165) is 10.8 Å². The lowest BCUT2D eigenvalue weighted by molar-refractivity contribution is -0.137. The quantitative estimate of drug-likeness (QED) is 0.647. The summed E-state index contributed by atoms with van der Waals surface area (Å²) in [4.78, 5) is 37.3. The number of hydrogen-bond donors (Lipinski definition) is 1. The largest absolute Gasteiger partial charge is 0.463 e. The molecule has 1 aliphatic rings. The van der Waals surface area contributed by atoms with E-state index in [2.05, 4.69) is 5.32 Å². The Bertz CT molecular complexity index is 894. The van der Waals surface area contributed by atoms with Gasteiger partial charge in [-0.05, 0) is 29.8 Å². The number of thioether (sulfide) groups is 1. The molecule has 3 rings (SSSR count). The van der Waals surface area contributed by atoms with Crippen molar-refractivity contribution in [3.05, 3.63) is 53.6 Å². The van der Waals surface area contributed by atoms with E-state index in [4.69, 9.17) is 4.74 Å². The topological polar surface area (TPSA) is 75.7 Å². The molecule has 6 nitrogen and oxygen atoms in total. The van der Waals surface area contributed by atoms with Gasteiger partial charge >= 0.3 is 5.97 Å². The molecule has 26 heavy (non-hydrogen) atoms. The number of anilines is 1. The van der Waals surface area contributed by atoms with Crippen molar-refractivity contribution in [1.82, 2.24) is 4.90 Å². The van der Waals surface area contributed by atoms with Crippen LogP contribution in [-0.4, -0.2) is 41.6 Å². The van der Waals surface area contributed by atoms with Crippen LogP contribution in [0.3, 0.4) is 0 Å². The zero-order valence-electron chi connectivity index (χ0n) is 14.2. The summed E-state index contributed by atoms with van der Waals surface area (Å²) in [5.74, 6) is -0.858. The Morgan fingerprint density at radius 3 is 2.77 bits per heavy atom. The number of esters is 1. The highest BCUT2D eigenvalue weighted by molar-refractivity contribution is 8.04. The molecule has 2 aromatic carbocycles. The molecule has 0 saturated carbocycles. The van der Waals surface area contributed by atoms with Crippen LogP contribution in [0.1, 0.15) is 6.92 Å². The number of amides is 2. The van der Waals surface area contributed by atoms with Crippen LogP contribution in [0, 0.1) is 0 Å². The third-order valence-corrected chi connectivity index (χ3v) is 4.80. The molecule has 0 radical (unpaired) electrons. The lowest BCUT2D eigenvalue weighted by Crippen LogP contribution is -2.34. The van der Waals surface area contributed by atoms with Crippen LogP contribution in [0.5, 0.6) is 0 Å². The second-order valence-corrected chi connectivity index (χ2v) is 6.61. The van der Waals surface area contributed by atoms with Gasteiger partial charge in [0.05, 0.1) is 23.5 Å². The van der Waals surface area contributed by atoms with E-state index in [0.29, 0.717) is 10.7 Å². The van der Waals surface area contributed by atoms with Gasteiger partial charge in [0.1, 0.15) is 6.54 Å². The molecule has 1 saturated heterocycles. The molecule has 7 heteroatoms. The number of carbonyl (C=O) groups is 3. The highest BCUT2D eigenvalue weighted by Gasteiger charge is 2.29. The summed E-state index contributed by atoms with van der Waals surface area (Å²) in [5.41, 5.74) is 0.656. The average molecular weight is 370 g/mol. The third-order valence-electron chi connectivity index (χ3n) is 3.77. The van der Waals surface area contributed by atoms with Crippen LogP contribution in [0.25, 0.3) is 10.8 Å². The first-order chi connectivity index (χ1) is 12.6. The maximum absolute atomic E-state index is 12.3. The van der Waals surface area contributed by atoms with E-state index in [-0.39, 0.29) is 30.7 Å². The molecular formula is C19H18N2O4S. The first-order valence-electron chi connectivity index (χ1n) is 8.17. The fourth-order valence-corrected chi connectivity index (χ4v) is 3.52. The van der Waals surface area contributed by atoms with Crippen LogP contribution in [0.4, 0.5) is 5.69 Å². The Kier molecular flexibility index (Phi) is 5.58. The Balaban J connectivity index is 1.69. The molecule has 0 aliphatic carbocycles. The highest BCUT2D eigenvalue weighted by atomic mass is 32.2. The summed E-state index contributed by atoms with van der Waals surface area (Å²) in [6.07, 6.45) is 1.25. The van der Waals surface area contributed by atoms with Crippen molar-refractivity contribution in [2.75, 3.05) is 24.2 Å².